The van der Waals surface area contributed by atoms with Crippen LogP contribution in [-0.4, -0.2) is 56.8 Å². The molecule has 29 heavy (non-hydrogen) atoms. The maximum Gasteiger partial charge on any atom is 0.337 e. The van der Waals surface area contributed by atoms with Gasteiger partial charge in [-0.2, -0.15) is 0 Å². The summed E-state index contributed by atoms with van der Waals surface area (Å²) in [6.45, 7) is 1.57. The second-order valence-corrected chi connectivity index (χ2v) is 6.20. The van der Waals surface area contributed by atoms with Gasteiger partial charge in [-0.3, -0.25) is 9.59 Å². The van der Waals surface area contributed by atoms with Crippen molar-refractivity contribution in [1.82, 2.24) is 10.6 Å². The molecule has 0 spiro atoms. The molecule has 0 saturated carbocycles. The van der Waals surface area contributed by atoms with Crippen LogP contribution >= 0.6 is 0 Å². The number of anilines is 1. The fourth-order valence-electron chi connectivity index (χ4n) is 2.90. The molecule has 0 fully saturated rings. The number of hydrogen-bond donors (Lipinski definition) is 2. The number of amides is 3. The second kappa shape index (κ2) is 9.09. The Balaban J connectivity index is 1.59. The smallest absolute Gasteiger partial charge is 0.337 e. The number of nitrogens with one attached hydrogen (secondary N) is 2. The fourth-order valence-corrected chi connectivity index (χ4v) is 2.90. The van der Waals surface area contributed by atoms with Crippen molar-refractivity contribution >= 4 is 29.6 Å². The van der Waals surface area contributed by atoms with Gasteiger partial charge >= 0.3 is 18.0 Å². The minimum atomic E-state index is -0.596. The van der Waals surface area contributed by atoms with E-state index in [1.807, 2.05) is 0 Å². The highest BCUT2D eigenvalue weighted by molar-refractivity contribution is 5.98. The zero-order chi connectivity index (χ0) is 20.8. The van der Waals surface area contributed by atoms with Crippen LogP contribution in [0.25, 0.3) is 0 Å². The van der Waals surface area contributed by atoms with Crippen LogP contribution in [0.15, 0.2) is 35.5 Å². The summed E-state index contributed by atoms with van der Waals surface area (Å²) in [6, 6.07) is 6.55. The molecule has 0 unspecified atom stereocenters. The van der Waals surface area contributed by atoms with Gasteiger partial charge in [-0.15, -0.1) is 0 Å². The van der Waals surface area contributed by atoms with E-state index in [-0.39, 0.29) is 56.5 Å². The van der Waals surface area contributed by atoms with Crippen molar-refractivity contribution < 1.29 is 33.4 Å². The van der Waals surface area contributed by atoms with Crippen LogP contribution in [0.3, 0.4) is 0 Å². The number of urea groups is 1. The van der Waals surface area contributed by atoms with E-state index in [1.165, 1.54) is 4.90 Å². The van der Waals surface area contributed by atoms with Gasteiger partial charge in [-0.05, 0) is 19.1 Å². The highest BCUT2D eigenvalue weighted by Crippen LogP contribution is 2.31. The monoisotopic (exact) mass is 403 g/mol. The molecule has 3 amide bonds. The van der Waals surface area contributed by atoms with Crippen molar-refractivity contribution in [3.63, 3.8) is 0 Å². The number of carbonyl (C=O) groups excluding carboxylic acids is 4. The third-order valence-corrected chi connectivity index (χ3v) is 4.30. The molecule has 0 radical (unpaired) electrons. The number of esters is 2. The summed E-state index contributed by atoms with van der Waals surface area (Å²) in [7, 11) is 0. The van der Waals surface area contributed by atoms with E-state index in [4.69, 9.17) is 14.2 Å². The van der Waals surface area contributed by atoms with Crippen LogP contribution < -0.4 is 20.3 Å². The number of para-hydroxylation sites is 2. The first-order valence-electron chi connectivity index (χ1n) is 9.11. The van der Waals surface area contributed by atoms with Gasteiger partial charge in [0.1, 0.15) is 12.4 Å². The number of carbonyl (C=O) groups is 4. The quantitative estimate of drug-likeness (QED) is 0.635. The zero-order valence-electron chi connectivity index (χ0n) is 15.9. The zero-order valence-corrected chi connectivity index (χ0v) is 15.9. The molecule has 2 aliphatic heterocycles. The highest BCUT2D eigenvalue weighted by Gasteiger charge is 2.27. The summed E-state index contributed by atoms with van der Waals surface area (Å²) >= 11 is 0. The Morgan fingerprint density at radius 1 is 1.21 bits per heavy atom. The van der Waals surface area contributed by atoms with Gasteiger partial charge in [0, 0.05) is 6.54 Å². The summed E-state index contributed by atoms with van der Waals surface area (Å²) < 4.78 is 15.5. The summed E-state index contributed by atoms with van der Waals surface area (Å²) in [6.07, 6.45) is -0.0612. The molecule has 10 heteroatoms. The van der Waals surface area contributed by atoms with Gasteiger partial charge in [0.05, 0.1) is 36.5 Å². The minimum Gasteiger partial charge on any atom is -0.482 e. The van der Waals surface area contributed by atoms with E-state index < -0.39 is 18.0 Å². The van der Waals surface area contributed by atoms with E-state index in [1.54, 1.807) is 31.2 Å². The Morgan fingerprint density at radius 2 is 2.00 bits per heavy atom. The Labute approximate surface area is 166 Å². The average molecular weight is 403 g/mol. The first-order chi connectivity index (χ1) is 14.0. The number of fused-ring (bicyclic) bond motifs is 1. The molecule has 0 saturated heterocycles. The van der Waals surface area contributed by atoms with Crippen LogP contribution in [0.1, 0.15) is 13.3 Å². The molecule has 2 heterocycles. The summed E-state index contributed by atoms with van der Waals surface area (Å²) in [4.78, 5) is 49.3. The third kappa shape index (κ3) is 4.84. The van der Waals surface area contributed by atoms with Gasteiger partial charge in [-0.1, -0.05) is 12.1 Å². The Hall–Kier alpha value is -3.56. The first-order valence-corrected chi connectivity index (χ1v) is 9.11. The SMILES string of the molecule is CCOC(=O)C1=C(COC(=O)CCN2C(=O)COc3ccccc32)NC(=O)NC1. The number of hydrogen-bond acceptors (Lipinski definition) is 7. The molecule has 3 rings (SSSR count). The largest absolute Gasteiger partial charge is 0.482 e. The molecule has 2 aliphatic rings. The van der Waals surface area contributed by atoms with Crippen molar-refractivity contribution in [2.45, 2.75) is 13.3 Å². The molecule has 0 aromatic heterocycles. The predicted octanol–water partition coefficient (Wildman–Crippen LogP) is 0.475. The van der Waals surface area contributed by atoms with Gasteiger partial charge < -0.3 is 29.7 Å². The van der Waals surface area contributed by atoms with E-state index in [0.717, 1.165) is 0 Å². The standard InChI is InChI=1S/C19H21N3O7/c1-2-27-18(25)12-9-20-19(26)21-13(12)10-29-17(24)7-8-22-14-5-3-4-6-15(14)28-11-16(22)23/h3-6H,2,7-11H2,1H3,(H2,20,21,26). The Morgan fingerprint density at radius 3 is 2.79 bits per heavy atom. The summed E-state index contributed by atoms with van der Waals surface area (Å²) in [5, 5.41) is 4.92. The molecule has 0 atom stereocenters. The van der Waals surface area contributed by atoms with Crippen molar-refractivity contribution in [3.8, 4) is 5.75 Å². The molecular weight excluding hydrogens is 382 g/mol. The summed E-state index contributed by atoms with van der Waals surface area (Å²) in [5.41, 5.74) is 0.958. The topological polar surface area (TPSA) is 123 Å². The number of ether oxygens (including phenoxy) is 3. The van der Waals surface area contributed by atoms with Gasteiger partial charge in [-0.25, -0.2) is 9.59 Å². The highest BCUT2D eigenvalue weighted by atomic mass is 16.5. The first kappa shape index (κ1) is 20.2. The van der Waals surface area contributed by atoms with E-state index in [2.05, 4.69) is 10.6 Å². The lowest BCUT2D eigenvalue weighted by molar-refractivity contribution is -0.143. The third-order valence-electron chi connectivity index (χ3n) is 4.30. The molecule has 10 nitrogen and oxygen atoms in total. The fraction of sp³-hybridized carbons (Fsp3) is 0.368. The molecule has 1 aromatic carbocycles. The van der Waals surface area contributed by atoms with E-state index in [0.29, 0.717) is 11.4 Å². The Kier molecular flexibility index (Phi) is 6.32. The van der Waals surface area contributed by atoms with E-state index in [9.17, 15) is 19.2 Å². The van der Waals surface area contributed by atoms with Gasteiger partial charge in [0.15, 0.2) is 6.61 Å². The number of rotatable bonds is 7. The van der Waals surface area contributed by atoms with Crippen LogP contribution in [0, 0.1) is 0 Å². The molecule has 1 aromatic rings. The molecule has 2 N–H and O–H groups in total. The molecule has 0 bridgehead atoms. The van der Waals surface area contributed by atoms with Gasteiger partial charge in [0.25, 0.3) is 5.91 Å². The van der Waals surface area contributed by atoms with Crippen molar-refractivity contribution in [2.75, 3.05) is 37.8 Å². The van der Waals surface area contributed by atoms with Crippen LogP contribution in [0.5, 0.6) is 5.75 Å². The van der Waals surface area contributed by atoms with Gasteiger partial charge in [0.2, 0.25) is 0 Å². The molecule has 154 valence electrons. The van der Waals surface area contributed by atoms with Crippen LogP contribution in [0.4, 0.5) is 10.5 Å². The second-order valence-electron chi connectivity index (χ2n) is 6.20. The Bertz CT molecular complexity index is 865. The van der Waals surface area contributed by atoms with Crippen molar-refractivity contribution in [1.29, 1.82) is 0 Å². The van der Waals surface area contributed by atoms with E-state index >= 15 is 0 Å². The number of benzene rings is 1. The molecular formula is C19H21N3O7. The van der Waals surface area contributed by atoms with Crippen LogP contribution in [0.2, 0.25) is 0 Å². The maximum atomic E-state index is 12.2. The average Bonchev–Trinajstić information content (AvgIpc) is 2.71. The van der Waals surface area contributed by atoms with Crippen LogP contribution in [-0.2, 0) is 23.9 Å². The normalized spacial score (nSPS) is 15.7. The lowest BCUT2D eigenvalue weighted by Crippen LogP contribution is -2.45. The minimum absolute atomic E-state index is 0.0172. The number of nitrogens with zero attached hydrogens (tertiary/aromatic N) is 1. The maximum absolute atomic E-state index is 12.2. The summed E-state index contributed by atoms with van der Waals surface area (Å²) in [5.74, 6) is -0.858. The predicted molar refractivity (Wildman–Crippen MR) is 100 cm³/mol. The lowest BCUT2D eigenvalue weighted by Gasteiger charge is -2.29. The lowest BCUT2D eigenvalue weighted by atomic mass is 10.1. The molecule has 0 aliphatic carbocycles. The van der Waals surface area contributed by atoms with Crippen molar-refractivity contribution in [3.05, 3.63) is 35.5 Å². The van der Waals surface area contributed by atoms with Crippen molar-refractivity contribution in [2.24, 2.45) is 0 Å².